The van der Waals surface area contributed by atoms with Crippen LogP contribution in [0, 0.1) is 5.82 Å². The van der Waals surface area contributed by atoms with Crippen LogP contribution in [-0.4, -0.2) is 27.2 Å². The van der Waals surface area contributed by atoms with Crippen LogP contribution in [0.25, 0.3) is 11.3 Å². The van der Waals surface area contributed by atoms with E-state index in [0.29, 0.717) is 5.56 Å². The van der Waals surface area contributed by atoms with Crippen molar-refractivity contribution in [1.82, 2.24) is 10.6 Å². The lowest BCUT2D eigenvalue weighted by Gasteiger charge is -2.37. The van der Waals surface area contributed by atoms with Crippen LogP contribution >= 0.6 is 0 Å². The van der Waals surface area contributed by atoms with Crippen LogP contribution in [0.4, 0.5) is 4.39 Å². The van der Waals surface area contributed by atoms with E-state index in [4.69, 9.17) is 4.74 Å². The maximum Gasteiger partial charge on any atom is 0.129 e. The monoisotopic (exact) mass is 304 g/mol. The molecule has 0 amide bonds. The summed E-state index contributed by atoms with van der Waals surface area (Å²) < 4.78 is 20.5. The SMILES string of the molecule is C=C(C)c1cc(F)c(C2(OC)CCNCC2)cc1C(=C)NC. The maximum absolute atomic E-state index is 14.8. The molecule has 1 aliphatic rings. The first-order valence-electron chi connectivity index (χ1n) is 7.58. The minimum absolute atomic E-state index is 0.241. The van der Waals surface area contributed by atoms with E-state index >= 15 is 0 Å². The number of piperidine rings is 1. The fourth-order valence-electron chi connectivity index (χ4n) is 3.07. The van der Waals surface area contributed by atoms with Gasteiger partial charge in [-0.2, -0.15) is 0 Å². The van der Waals surface area contributed by atoms with Crippen LogP contribution in [0.3, 0.4) is 0 Å². The van der Waals surface area contributed by atoms with Crippen molar-refractivity contribution in [1.29, 1.82) is 0 Å². The molecular weight excluding hydrogens is 279 g/mol. The molecule has 0 aromatic heterocycles. The van der Waals surface area contributed by atoms with Crippen molar-refractivity contribution < 1.29 is 9.13 Å². The first kappa shape index (κ1) is 16.7. The lowest BCUT2D eigenvalue weighted by molar-refractivity contribution is -0.0417. The summed E-state index contributed by atoms with van der Waals surface area (Å²) >= 11 is 0. The summed E-state index contributed by atoms with van der Waals surface area (Å²) in [6, 6.07) is 3.42. The lowest BCUT2D eigenvalue weighted by Crippen LogP contribution is -2.42. The Morgan fingerprint density at radius 3 is 2.41 bits per heavy atom. The van der Waals surface area contributed by atoms with E-state index in [9.17, 15) is 4.39 Å². The predicted octanol–water partition coefficient (Wildman–Crippen LogP) is 3.27. The van der Waals surface area contributed by atoms with E-state index in [1.54, 1.807) is 13.2 Å². The molecule has 0 aliphatic carbocycles. The normalized spacial score (nSPS) is 17.1. The van der Waals surface area contributed by atoms with Crippen LogP contribution in [-0.2, 0) is 10.3 Å². The zero-order valence-corrected chi connectivity index (χ0v) is 13.7. The van der Waals surface area contributed by atoms with E-state index in [-0.39, 0.29) is 5.82 Å². The Hall–Kier alpha value is -1.65. The van der Waals surface area contributed by atoms with Gasteiger partial charge in [0.1, 0.15) is 5.82 Å². The van der Waals surface area contributed by atoms with E-state index in [0.717, 1.165) is 48.3 Å². The molecule has 3 nitrogen and oxygen atoms in total. The van der Waals surface area contributed by atoms with Gasteiger partial charge in [-0.25, -0.2) is 4.39 Å². The molecule has 4 heteroatoms. The molecule has 2 rings (SSSR count). The number of nitrogens with one attached hydrogen (secondary N) is 2. The minimum Gasteiger partial charge on any atom is -0.388 e. The Labute approximate surface area is 132 Å². The molecule has 2 N–H and O–H groups in total. The van der Waals surface area contributed by atoms with E-state index < -0.39 is 5.60 Å². The van der Waals surface area contributed by atoms with Crippen LogP contribution in [0.1, 0.15) is 36.5 Å². The third kappa shape index (κ3) is 2.94. The van der Waals surface area contributed by atoms with Gasteiger partial charge in [0.15, 0.2) is 0 Å². The molecule has 0 atom stereocenters. The molecule has 0 bridgehead atoms. The highest BCUT2D eigenvalue weighted by Crippen LogP contribution is 2.38. The lowest BCUT2D eigenvalue weighted by atomic mass is 9.82. The second-order valence-electron chi connectivity index (χ2n) is 5.83. The molecule has 120 valence electrons. The zero-order valence-electron chi connectivity index (χ0n) is 13.7. The average Bonchev–Trinajstić information content (AvgIpc) is 2.54. The van der Waals surface area contributed by atoms with Crippen molar-refractivity contribution in [3.63, 3.8) is 0 Å². The fraction of sp³-hybridized carbons (Fsp3) is 0.444. The summed E-state index contributed by atoms with van der Waals surface area (Å²) in [6.45, 7) is 11.5. The Morgan fingerprint density at radius 2 is 1.91 bits per heavy atom. The fourth-order valence-corrected chi connectivity index (χ4v) is 3.07. The molecular formula is C18H25FN2O. The van der Waals surface area contributed by atoms with Gasteiger partial charge in [-0.15, -0.1) is 0 Å². The number of hydrogen-bond acceptors (Lipinski definition) is 3. The highest BCUT2D eigenvalue weighted by molar-refractivity contribution is 5.77. The maximum atomic E-state index is 14.8. The largest absolute Gasteiger partial charge is 0.388 e. The molecule has 0 spiro atoms. The summed E-state index contributed by atoms with van der Waals surface area (Å²) in [7, 11) is 3.47. The van der Waals surface area contributed by atoms with Gasteiger partial charge < -0.3 is 15.4 Å². The second-order valence-corrected chi connectivity index (χ2v) is 5.83. The van der Waals surface area contributed by atoms with E-state index in [1.807, 2.05) is 20.0 Å². The van der Waals surface area contributed by atoms with Crippen molar-refractivity contribution in [3.8, 4) is 0 Å². The molecule has 0 radical (unpaired) electrons. The number of hydrogen-bond donors (Lipinski definition) is 2. The van der Waals surface area contributed by atoms with Crippen LogP contribution in [0.5, 0.6) is 0 Å². The Balaban J connectivity index is 2.61. The smallest absolute Gasteiger partial charge is 0.129 e. The molecule has 1 fully saturated rings. The zero-order chi connectivity index (χ0) is 16.3. The Bertz CT molecular complexity index is 589. The molecule has 1 heterocycles. The standard InChI is InChI=1S/C18H25FN2O/c1-12(2)14-11-17(19)16(10-15(14)13(3)20-4)18(22-5)6-8-21-9-7-18/h10-11,20-21H,1,3,6-9H2,2,4-5H3. The van der Waals surface area contributed by atoms with Gasteiger partial charge in [-0.05, 0) is 50.6 Å². The summed E-state index contributed by atoms with van der Waals surface area (Å²) in [6.07, 6.45) is 1.50. The molecule has 1 aliphatic heterocycles. The third-order valence-electron chi connectivity index (χ3n) is 4.49. The highest BCUT2D eigenvalue weighted by atomic mass is 19.1. The van der Waals surface area contributed by atoms with Gasteiger partial charge in [0.2, 0.25) is 0 Å². The van der Waals surface area contributed by atoms with Crippen LogP contribution in [0.15, 0.2) is 25.3 Å². The molecule has 1 aromatic carbocycles. The molecule has 1 saturated heterocycles. The van der Waals surface area contributed by atoms with Gasteiger partial charge in [0.05, 0.1) is 5.60 Å². The quantitative estimate of drug-likeness (QED) is 0.876. The predicted molar refractivity (Wildman–Crippen MR) is 90.0 cm³/mol. The molecule has 1 aromatic rings. The van der Waals surface area contributed by atoms with E-state index in [2.05, 4.69) is 23.8 Å². The second kappa shape index (κ2) is 6.63. The first-order chi connectivity index (χ1) is 10.4. The van der Waals surface area contributed by atoms with E-state index in [1.165, 1.54) is 0 Å². The topological polar surface area (TPSA) is 33.3 Å². The third-order valence-corrected chi connectivity index (χ3v) is 4.49. The van der Waals surface area contributed by atoms with Crippen molar-refractivity contribution in [2.24, 2.45) is 0 Å². The number of halogens is 1. The van der Waals surface area contributed by atoms with Gasteiger partial charge >= 0.3 is 0 Å². The number of allylic oxidation sites excluding steroid dienone is 1. The number of rotatable bonds is 5. The minimum atomic E-state index is -0.578. The average molecular weight is 304 g/mol. The van der Waals surface area contributed by atoms with Gasteiger partial charge in [0.25, 0.3) is 0 Å². The Kier molecular flexibility index (Phi) is 5.04. The van der Waals surface area contributed by atoms with Gasteiger partial charge in [-0.3, -0.25) is 0 Å². The Morgan fingerprint density at radius 1 is 1.27 bits per heavy atom. The van der Waals surface area contributed by atoms with Crippen molar-refractivity contribution in [3.05, 3.63) is 47.8 Å². The molecule has 22 heavy (non-hydrogen) atoms. The summed E-state index contributed by atoms with van der Waals surface area (Å²) in [4.78, 5) is 0. The number of ether oxygens (including phenoxy) is 1. The molecule has 0 unspecified atom stereocenters. The summed E-state index contributed by atoms with van der Waals surface area (Å²) in [5.41, 5.74) is 3.24. The summed E-state index contributed by atoms with van der Waals surface area (Å²) in [5.74, 6) is -0.241. The van der Waals surface area contributed by atoms with Crippen molar-refractivity contribution in [2.75, 3.05) is 27.2 Å². The summed E-state index contributed by atoms with van der Waals surface area (Å²) in [5, 5.41) is 6.34. The highest BCUT2D eigenvalue weighted by Gasteiger charge is 2.36. The molecule has 0 saturated carbocycles. The first-order valence-corrected chi connectivity index (χ1v) is 7.58. The van der Waals surface area contributed by atoms with Crippen LogP contribution in [0.2, 0.25) is 0 Å². The number of benzene rings is 1. The van der Waals surface area contributed by atoms with Crippen LogP contribution < -0.4 is 10.6 Å². The van der Waals surface area contributed by atoms with Gasteiger partial charge in [-0.1, -0.05) is 18.7 Å². The number of methoxy groups -OCH3 is 1. The van der Waals surface area contributed by atoms with Crippen molar-refractivity contribution >= 4 is 11.3 Å². The van der Waals surface area contributed by atoms with Gasteiger partial charge in [0, 0.05) is 31.0 Å². The van der Waals surface area contributed by atoms with Crippen molar-refractivity contribution in [2.45, 2.75) is 25.4 Å².